The summed E-state index contributed by atoms with van der Waals surface area (Å²) >= 11 is 3.57. The molecule has 0 amide bonds. The van der Waals surface area contributed by atoms with Crippen LogP contribution >= 0.6 is 15.9 Å². The summed E-state index contributed by atoms with van der Waals surface area (Å²) in [6.45, 7) is 3.33. The molecule has 3 aromatic carbocycles. The largest absolute Gasteiger partial charge is 0.326 e. The second-order valence-electron chi connectivity index (χ2n) is 6.28. The van der Waals surface area contributed by atoms with Gasteiger partial charge in [0, 0.05) is 30.7 Å². The van der Waals surface area contributed by atoms with Crippen molar-refractivity contribution in [3.63, 3.8) is 0 Å². The first-order valence-electron chi connectivity index (χ1n) is 8.51. The Bertz CT molecular complexity index is 785. The predicted molar refractivity (Wildman–Crippen MR) is 108 cm³/mol. The highest BCUT2D eigenvalue weighted by Crippen LogP contribution is 2.17. The molecular formula is C22H23BrN2. The molecule has 0 aliphatic rings. The molecule has 0 atom stereocenters. The number of benzene rings is 3. The highest BCUT2D eigenvalue weighted by molar-refractivity contribution is 9.10. The fraction of sp³-hybridized carbons (Fsp3) is 0.182. The van der Waals surface area contributed by atoms with E-state index in [4.69, 9.17) is 5.73 Å². The number of nitrogens with two attached hydrogens (primary N) is 1. The van der Waals surface area contributed by atoms with Gasteiger partial charge < -0.3 is 5.73 Å². The first kappa shape index (κ1) is 17.9. The summed E-state index contributed by atoms with van der Waals surface area (Å²) in [6, 6.07) is 27.8. The van der Waals surface area contributed by atoms with Crippen molar-refractivity contribution in [3.05, 3.63) is 106 Å². The highest BCUT2D eigenvalue weighted by atomic mass is 79.9. The van der Waals surface area contributed by atoms with Crippen molar-refractivity contribution in [1.29, 1.82) is 0 Å². The molecule has 3 rings (SSSR count). The SMILES string of the molecule is NCc1ccc(CN(Cc2ccccc2)Cc2cccc(Br)c2)cc1. The standard InChI is InChI=1S/C22H23BrN2/c23-22-8-4-7-21(13-22)17-25(15-19-5-2-1-3-6-19)16-20-11-9-18(14-24)10-12-20/h1-13H,14-17,24H2. The lowest BCUT2D eigenvalue weighted by atomic mass is 10.1. The minimum Gasteiger partial charge on any atom is -0.326 e. The molecule has 3 heteroatoms. The van der Waals surface area contributed by atoms with E-state index in [1.54, 1.807) is 0 Å². The van der Waals surface area contributed by atoms with E-state index in [1.807, 2.05) is 0 Å². The molecule has 0 saturated heterocycles. The topological polar surface area (TPSA) is 29.3 Å². The summed E-state index contributed by atoms with van der Waals surface area (Å²) < 4.78 is 1.12. The summed E-state index contributed by atoms with van der Waals surface area (Å²) in [4.78, 5) is 2.47. The van der Waals surface area contributed by atoms with Crippen LogP contribution in [0.1, 0.15) is 22.3 Å². The molecule has 128 valence electrons. The third-order valence-corrected chi connectivity index (χ3v) is 4.70. The second-order valence-corrected chi connectivity index (χ2v) is 7.20. The van der Waals surface area contributed by atoms with Crippen molar-refractivity contribution in [3.8, 4) is 0 Å². The van der Waals surface area contributed by atoms with Crippen LogP contribution in [0, 0.1) is 0 Å². The monoisotopic (exact) mass is 394 g/mol. The Morgan fingerprint density at radius 1 is 0.640 bits per heavy atom. The number of halogens is 1. The van der Waals surface area contributed by atoms with Crippen LogP contribution in [0.4, 0.5) is 0 Å². The van der Waals surface area contributed by atoms with Gasteiger partial charge in [0.05, 0.1) is 0 Å². The lowest BCUT2D eigenvalue weighted by Gasteiger charge is -2.23. The molecule has 0 fully saturated rings. The van der Waals surface area contributed by atoms with Gasteiger partial charge in [-0.25, -0.2) is 0 Å². The van der Waals surface area contributed by atoms with Gasteiger partial charge in [0.2, 0.25) is 0 Å². The van der Waals surface area contributed by atoms with Crippen LogP contribution in [0.15, 0.2) is 83.3 Å². The fourth-order valence-electron chi connectivity index (χ4n) is 2.94. The van der Waals surface area contributed by atoms with Gasteiger partial charge in [-0.2, -0.15) is 0 Å². The number of nitrogens with zero attached hydrogens (tertiary/aromatic N) is 1. The summed E-state index contributed by atoms with van der Waals surface area (Å²) in [5, 5.41) is 0. The fourth-order valence-corrected chi connectivity index (χ4v) is 3.39. The molecule has 0 unspecified atom stereocenters. The Morgan fingerprint density at radius 3 is 1.84 bits per heavy atom. The highest BCUT2D eigenvalue weighted by Gasteiger charge is 2.09. The van der Waals surface area contributed by atoms with Crippen LogP contribution in [0.3, 0.4) is 0 Å². The Hall–Kier alpha value is -1.94. The Balaban J connectivity index is 1.77. The Kier molecular flexibility index (Phi) is 6.40. The third kappa shape index (κ3) is 5.53. The molecule has 0 aliphatic carbocycles. The van der Waals surface area contributed by atoms with Gasteiger partial charge in [-0.1, -0.05) is 82.7 Å². The second kappa shape index (κ2) is 8.95. The van der Waals surface area contributed by atoms with Gasteiger partial charge in [-0.15, -0.1) is 0 Å². The van der Waals surface area contributed by atoms with Crippen LogP contribution in [0.25, 0.3) is 0 Å². The predicted octanol–water partition coefficient (Wildman–Crippen LogP) is 5.11. The average molecular weight is 395 g/mol. The van der Waals surface area contributed by atoms with Gasteiger partial charge in [0.15, 0.2) is 0 Å². The average Bonchev–Trinajstić information content (AvgIpc) is 2.63. The van der Waals surface area contributed by atoms with Crippen molar-refractivity contribution < 1.29 is 0 Å². The van der Waals surface area contributed by atoms with Crippen molar-refractivity contribution in [2.45, 2.75) is 26.2 Å². The zero-order valence-electron chi connectivity index (χ0n) is 14.2. The summed E-state index contributed by atoms with van der Waals surface area (Å²) in [7, 11) is 0. The van der Waals surface area contributed by atoms with E-state index in [2.05, 4.69) is 99.7 Å². The first-order valence-corrected chi connectivity index (χ1v) is 9.31. The smallest absolute Gasteiger partial charge is 0.0241 e. The van der Waals surface area contributed by atoms with E-state index >= 15 is 0 Å². The van der Waals surface area contributed by atoms with Gasteiger partial charge in [-0.05, 0) is 34.4 Å². The maximum atomic E-state index is 5.70. The molecule has 0 bridgehead atoms. The lowest BCUT2D eigenvalue weighted by Crippen LogP contribution is -2.22. The van der Waals surface area contributed by atoms with Crippen molar-refractivity contribution in [2.24, 2.45) is 5.73 Å². The quantitative estimate of drug-likeness (QED) is 0.602. The molecule has 0 heterocycles. The van der Waals surface area contributed by atoms with Crippen LogP contribution in [-0.2, 0) is 26.2 Å². The molecule has 0 saturated carbocycles. The third-order valence-electron chi connectivity index (χ3n) is 4.21. The summed E-state index contributed by atoms with van der Waals surface area (Å²) in [5.74, 6) is 0. The van der Waals surface area contributed by atoms with Gasteiger partial charge in [0.1, 0.15) is 0 Å². The molecule has 0 radical (unpaired) electrons. The molecule has 0 aromatic heterocycles. The zero-order chi connectivity index (χ0) is 17.5. The van der Waals surface area contributed by atoms with Crippen molar-refractivity contribution >= 4 is 15.9 Å². The van der Waals surface area contributed by atoms with Crippen LogP contribution in [0.5, 0.6) is 0 Å². The van der Waals surface area contributed by atoms with E-state index < -0.39 is 0 Å². The summed E-state index contributed by atoms with van der Waals surface area (Å²) in [5.41, 5.74) is 10.8. The molecular weight excluding hydrogens is 372 g/mol. The van der Waals surface area contributed by atoms with E-state index in [0.717, 1.165) is 24.1 Å². The first-order chi connectivity index (χ1) is 12.2. The molecule has 3 aromatic rings. The molecule has 0 spiro atoms. The normalized spacial score (nSPS) is 11.0. The number of hydrogen-bond donors (Lipinski definition) is 1. The van der Waals surface area contributed by atoms with Crippen LogP contribution in [0.2, 0.25) is 0 Å². The lowest BCUT2D eigenvalue weighted by molar-refractivity contribution is 0.247. The van der Waals surface area contributed by atoms with E-state index in [9.17, 15) is 0 Å². The maximum absolute atomic E-state index is 5.70. The molecule has 0 aliphatic heterocycles. The number of rotatable bonds is 7. The maximum Gasteiger partial charge on any atom is 0.0241 e. The van der Waals surface area contributed by atoms with E-state index in [0.29, 0.717) is 6.54 Å². The van der Waals surface area contributed by atoms with Crippen LogP contribution < -0.4 is 5.73 Å². The van der Waals surface area contributed by atoms with Crippen molar-refractivity contribution in [1.82, 2.24) is 4.90 Å². The molecule has 25 heavy (non-hydrogen) atoms. The zero-order valence-corrected chi connectivity index (χ0v) is 15.8. The van der Waals surface area contributed by atoms with E-state index in [-0.39, 0.29) is 0 Å². The Labute approximate surface area is 158 Å². The van der Waals surface area contributed by atoms with E-state index in [1.165, 1.54) is 22.3 Å². The van der Waals surface area contributed by atoms with Gasteiger partial charge >= 0.3 is 0 Å². The Morgan fingerprint density at radius 2 is 1.20 bits per heavy atom. The van der Waals surface area contributed by atoms with Gasteiger partial charge in [0.25, 0.3) is 0 Å². The molecule has 2 N–H and O–H groups in total. The van der Waals surface area contributed by atoms with Crippen LogP contribution in [-0.4, -0.2) is 4.90 Å². The summed E-state index contributed by atoms with van der Waals surface area (Å²) in [6.07, 6.45) is 0. The van der Waals surface area contributed by atoms with Crippen molar-refractivity contribution in [2.75, 3.05) is 0 Å². The minimum atomic E-state index is 0.589. The molecule has 2 nitrogen and oxygen atoms in total. The number of hydrogen-bond acceptors (Lipinski definition) is 2. The minimum absolute atomic E-state index is 0.589. The van der Waals surface area contributed by atoms with Gasteiger partial charge in [-0.3, -0.25) is 4.90 Å².